The fourth-order valence-electron chi connectivity index (χ4n) is 4.75. The minimum atomic E-state index is 0.662. The highest BCUT2D eigenvalue weighted by Gasteiger charge is 2.12. The molecule has 6 aromatic rings. The molecule has 2 heterocycles. The molecule has 0 aliphatic heterocycles. The van der Waals surface area contributed by atoms with Gasteiger partial charge in [0.05, 0.1) is 0 Å². The lowest BCUT2D eigenvalue weighted by molar-refractivity contribution is 0.948. The molecule has 0 spiro atoms. The molecule has 0 atom stereocenters. The van der Waals surface area contributed by atoms with Crippen LogP contribution in [0.4, 0.5) is 0 Å². The number of hydrogen-bond donors (Lipinski definition) is 0. The molecule has 0 N–H and O–H groups in total. The van der Waals surface area contributed by atoms with Crippen LogP contribution in [0, 0.1) is 22.7 Å². The van der Waals surface area contributed by atoms with Crippen molar-refractivity contribution in [2.75, 3.05) is 0 Å². The minimum Gasteiger partial charge on any atom is -0.335 e. The Labute approximate surface area is 172 Å². The number of hydrogen-bond acceptors (Lipinski definition) is 2. The number of aryl methyl sites for hydroxylation is 2. The van der Waals surface area contributed by atoms with E-state index in [0.29, 0.717) is 11.4 Å². The van der Waals surface area contributed by atoms with Crippen molar-refractivity contribution in [3.8, 4) is 12.1 Å². The summed E-state index contributed by atoms with van der Waals surface area (Å²) >= 11 is 0. The average Bonchev–Trinajstić information content (AvgIpc) is 3.26. The van der Waals surface area contributed by atoms with Gasteiger partial charge >= 0.3 is 0 Å². The molecule has 4 nitrogen and oxygen atoms in total. The van der Waals surface area contributed by atoms with Gasteiger partial charge in [0.2, 0.25) is 0 Å². The molecule has 4 aromatic carbocycles. The minimum absolute atomic E-state index is 0.662. The Balaban J connectivity index is 1.74. The Morgan fingerprint density at radius 2 is 0.967 bits per heavy atom. The van der Waals surface area contributed by atoms with E-state index >= 15 is 0 Å². The first-order chi connectivity index (χ1) is 14.6. The number of nitrogens with zero attached hydrogens (tertiary/aromatic N) is 4. The molecule has 0 radical (unpaired) electrons. The molecule has 140 valence electrons. The molecule has 0 aliphatic rings. The van der Waals surface area contributed by atoms with Gasteiger partial charge in [-0.05, 0) is 68.7 Å². The average molecular weight is 384 g/mol. The van der Waals surface area contributed by atoms with Gasteiger partial charge in [-0.3, -0.25) is 0 Å². The lowest BCUT2D eigenvalue weighted by atomic mass is 9.95. The Morgan fingerprint density at radius 1 is 0.533 bits per heavy atom. The highest BCUT2D eigenvalue weighted by atomic mass is 14.9. The molecule has 0 bridgehead atoms. The van der Waals surface area contributed by atoms with Gasteiger partial charge in [-0.2, -0.15) is 10.5 Å². The highest BCUT2D eigenvalue weighted by Crippen LogP contribution is 2.36. The summed E-state index contributed by atoms with van der Waals surface area (Å²) in [4.78, 5) is 0. The quantitative estimate of drug-likeness (QED) is 0.307. The summed E-state index contributed by atoms with van der Waals surface area (Å²) in [5, 5.41) is 28.0. The van der Waals surface area contributed by atoms with Crippen LogP contribution >= 0.6 is 0 Å². The Kier molecular flexibility index (Phi) is 3.12. The Morgan fingerprint density at radius 3 is 1.37 bits per heavy atom. The van der Waals surface area contributed by atoms with E-state index in [1.807, 2.05) is 35.4 Å². The number of fused-ring (bicyclic) bond motifs is 7. The predicted molar refractivity (Wildman–Crippen MR) is 121 cm³/mol. The van der Waals surface area contributed by atoms with Crippen LogP contribution < -0.4 is 0 Å². The van der Waals surface area contributed by atoms with Crippen LogP contribution in [-0.4, -0.2) is 9.13 Å². The Hall–Kier alpha value is -4.28. The molecule has 0 saturated heterocycles. The van der Waals surface area contributed by atoms with Crippen molar-refractivity contribution < 1.29 is 0 Å². The zero-order valence-electron chi connectivity index (χ0n) is 16.6. The molecule has 2 aromatic heterocycles. The van der Waals surface area contributed by atoms with E-state index in [1.165, 1.54) is 21.5 Å². The third kappa shape index (κ3) is 2.03. The molecule has 4 heteroatoms. The summed E-state index contributed by atoms with van der Waals surface area (Å²) in [6.45, 7) is 0. The number of benzene rings is 4. The maximum Gasteiger partial charge on any atom is 0.121 e. The number of aromatic nitrogens is 2. The first-order valence-corrected chi connectivity index (χ1v) is 9.77. The van der Waals surface area contributed by atoms with Gasteiger partial charge in [0, 0.05) is 35.9 Å². The van der Waals surface area contributed by atoms with E-state index in [-0.39, 0.29) is 0 Å². The van der Waals surface area contributed by atoms with Gasteiger partial charge < -0.3 is 9.13 Å². The summed E-state index contributed by atoms with van der Waals surface area (Å²) in [6, 6.07) is 25.8. The predicted octanol–water partition coefficient (Wildman–Crippen LogP) is 5.87. The normalized spacial score (nSPS) is 11.6. The molecular weight excluding hydrogens is 368 g/mol. The van der Waals surface area contributed by atoms with Crippen LogP contribution in [0.3, 0.4) is 0 Å². The van der Waals surface area contributed by atoms with Crippen LogP contribution in [0.25, 0.3) is 54.1 Å². The fourth-order valence-corrected chi connectivity index (χ4v) is 4.75. The van der Waals surface area contributed by atoms with E-state index in [0.717, 1.165) is 32.6 Å². The number of nitriles is 2. The number of rotatable bonds is 0. The maximum absolute atomic E-state index is 9.38. The summed E-state index contributed by atoms with van der Waals surface area (Å²) in [5.41, 5.74) is 3.45. The lowest BCUT2D eigenvalue weighted by Crippen LogP contribution is -1.91. The monoisotopic (exact) mass is 384 g/mol. The van der Waals surface area contributed by atoms with E-state index in [9.17, 15) is 10.5 Å². The van der Waals surface area contributed by atoms with E-state index < -0.39 is 0 Å². The van der Waals surface area contributed by atoms with Gasteiger partial charge in [0.15, 0.2) is 0 Å². The van der Waals surface area contributed by atoms with Crippen LogP contribution in [0.2, 0.25) is 0 Å². The largest absolute Gasteiger partial charge is 0.335 e. The van der Waals surface area contributed by atoms with Crippen molar-refractivity contribution in [3.05, 3.63) is 72.1 Å². The van der Waals surface area contributed by atoms with Crippen molar-refractivity contribution in [2.45, 2.75) is 0 Å². The summed E-state index contributed by atoms with van der Waals surface area (Å²) < 4.78 is 3.89. The third-order valence-corrected chi connectivity index (χ3v) is 6.39. The van der Waals surface area contributed by atoms with Crippen LogP contribution in [0.5, 0.6) is 0 Å². The van der Waals surface area contributed by atoms with Crippen LogP contribution in [-0.2, 0) is 14.1 Å². The van der Waals surface area contributed by atoms with Gasteiger partial charge in [0.1, 0.15) is 23.5 Å². The standard InChI is InChI=1S/C26H16N4/c1-29-19(13-27)7-17-9-23-15(11-25(17)29)3-5-22-21(23)6-4-16-12-26-18(10-24(16)22)8-20(14-28)30(26)2/h3-12H,1-2H3. The van der Waals surface area contributed by atoms with Gasteiger partial charge in [0.25, 0.3) is 0 Å². The molecule has 30 heavy (non-hydrogen) atoms. The molecule has 0 fully saturated rings. The fraction of sp³-hybridized carbons (Fsp3) is 0.0769. The van der Waals surface area contributed by atoms with Crippen molar-refractivity contribution >= 4 is 54.1 Å². The molecular formula is C26H16N4. The Bertz CT molecular complexity index is 1650. The first kappa shape index (κ1) is 16.7. The summed E-state index contributed by atoms with van der Waals surface area (Å²) in [6.07, 6.45) is 0. The van der Waals surface area contributed by atoms with Gasteiger partial charge in [-0.15, -0.1) is 0 Å². The smallest absolute Gasteiger partial charge is 0.121 e. The SMILES string of the molecule is Cn1c(C#N)cc2cc3c(ccc4c5cc6cc(C#N)n(C)c6cc5ccc34)cc21. The van der Waals surface area contributed by atoms with Gasteiger partial charge in [-0.1, -0.05) is 24.3 Å². The van der Waals surface area contributed by atoms with E-state index in [2.05, 4.69) is 60.7 Å². The summed E-state index contributed by atoms with van der Waals surface area (Å²) in [7, 11) is 3.86. The van der Waals surface area contributed by atoms with Crippen LogP contribution in [0.15, 0.2) is 60.7 Å². The summed E-state index contributed by atoms with van der Waals surface area (Å²) in [5.74, 6) is 0. The molecule has 6 rings (SSSR count). The van der Waals surface area contributed by atoms with E-state index in [1.54, 1.807) is 0 Å². The lowest BCUT2D eigenvalue weighted by Gasteiger charge is -2.09. The molecule has 0 aliphatic carbocycles. The van der Waals surface area contributed by atoms with Crippen molar-refractivity contribution in [1.29, 1.82) is 10.5 Å². The van der Waals surface area contributed by atoms with E-state index in [4.69, 9.17) is 0 Å². The second-order valence-corrected chi connectivity index (χ2v) is 7.89. The van der Waals surface area contributed by atoms with Crippen molar-refractivity contribution in [2.24, 2.45) is 14.1 Å². The maximum atomic E-state index is 9.38. The highest BCUT2D eigenvalue weighted by molar-refractivity contribution is 6.20. The van der Waals surface area contributed by atoms with Crippen molar-refractivity contribution in [3.63, 3.8) is 0 Å². The van der Waals surface area contributed by atoms with Crippen LogP contribution in [0.1, 0.15) is 11.4 Å². The van der Waals surface area contributed by atoms with Crippen molar-refractivity contribution in [1.82, 2.24) is 9.13 Å². The second kappa shape index (κ2) is 5.63. The third-order valence-electron chi connectivity index (χ3n) is 6.39. The van der Waals surface area contributed by atoms with Gasteiger partial charge in [-0.25, -0.2) is 0 Å². The molecule has 0 amide bonds. The second-order valence-electron chi connectivity index (χ2n) is 7.89. The molecule has 0 unspecified atom stereocenters. The zero-order chi connectivity index (χ0) is 20.6. The topological polar surface area (TPSA) is 57.4 Å². The first-order valence-electron chi connectivity index (χ1n) is 9.77. The zero-order valence-corrected chi connectivity index (χ0v) is 16.6. The molecule has 0 saturated carbocycles.